The van der Waals surface area contributed by atoms with Gasteiger partial charge in [-0.3, -0.25) is 0 Å². The molecule has 0 unspecified atom stereocenters. The molecule has 2 atom stereocenters. The van der Waals surface area contributed by atoms with E-state index in [1.807, 2.05) is 42.5 Å². The van der Waals surface area contributed by atoms with Crippen molar-refractivity contribution in [3.05, 3.63) is 48.0 Å². The summed E-state index contributed by atoms with van der Waals surface area (Å²) in [6, 6.07) is 9.47. The minimum atomic E-state index is -0.636. The standard InChI is InChI=1S/C13H17ClO/c1-10(2)8-9-12(14)13(15)11-6-4-3-5-7-11/h3-10,12-13,15H,1-2H3/b9-8+/t12-,13+/m0/s1. The molecule has 0 aliphatic heterocycles. The van der Waals surface area contributed by atoms with E-state index in [2.05, 4.69) is 13.8 Å². The number of rotatable bonds is 4. The summed E-state index contributed by atoms with van der Waals surface area (Å²) in [7, 11) is 0. The van der Waals surface area contributed by atoms with Crippen LogP contribution in [0.5, 0.6) is 0 Å². The van der Waals surface area contributed by atoms with Gasteiger partial charge in [-0.25, -0.2) is 0 Å². The van der Waals surface area contributed by atoms with Gasteiger partial charge in [0.15, 0.2) is 0 Å². The molecule has 0 aliphatic rings. The second kappa shape index (κ2) is 5.94. The number of hydrogen-bond acceptors (Lipinski definition) is 1. The molecule has 0 saturated heterocycles. The number of hydrogen-bond donors (Lipinski definition) is 1. The van der Waals surface area contributed by atoms with Crippen LogP contribution in [0.25, 0.3) is 0 Å². The van der Waals surface area contributed by atoms with Crippen molar-refractivity contribution in [1.82, 2.24) is 0 Å². The Hall–Kier alpha value is -0.790. The maximum absolute atomic E-state index is 9.92. The molecular weight excluding hydrogens is 208 g/mol. The molecule has 1 nitrogen and oxygen atoms in total. The summed E-state index contributed by atoms with van der Waals surface area (Å²) in [5, 5.41) is 9.55. The van der Waals surface area contributed by atoms with Crippen LogP contribution in [0.15, 0.2) is 42.5 Å². The van der Waals surface area contributed by atoms with Crippen LogP contribution in [0.1, 0.15) is 25.5 Å². The lowest BCUT2D eigenvalue weighted by Crippen LogP contribution is -2.09. The number of aliphatic hydroxyl groups is 1. The fourth-order valence-electron chi connectivity index (χ4n) is 1.27. The number of alkyl halides is 1. The van der Waals surface area contributed by atoms with Crippen molar-refractivity contribution in [2.75, 3.05) is 0 Å². The smallest absolute Gasteiger partial charge is 0.0988 e. The lowest BCUT2D eigenvalue weighted by molar-refractivity contribution is 0.184. The zero-order valence-electron chi connectivity index (χ0n) is 9.10. The molecule has 2 heteroatoms. The zero-order valence-corrected chi connectivity index (χ0v) is 9.85. The van der Waals surface area contributed by atoms with Crippen molar-refractivity contribution in [2.45, 2.75) is 25.3 Å². The van der Waals surface area contributed by atoms with E-state index < -0.39 is 6.10 Å². The van der Waals surface area contributed by atoms with Gasteiger partial charge in [0.1, 0.15) is 0 Å². The SMILES string of the molecule is CC(C)/C=C/[C@H](Cl)[C@H](O)c1ccccc1. The average molecular weight is 225 g/mol. The topological polar surface area (TPSA) is 20.2 Å². The van der Waals surface area contributed by atoms with Gasteiger partial charge >= 0.3 is 0 Å². The summed E-state index contributed by atoms with van der Waals surface area (Å²) in [6.07, 6.45) is 3.22. The maximum Gasteiger partial charge on any atom is 0.0988 e. The fraction of sp³-hybridized carbons (Fsp3) is 0.385. The van der Waals surface area contributed by atoms with Crippen molar-refractivity contribution in [3.8, 4) is 0 Å². The highest BCUT2D eigenvalue weighted by atomic mass is 35.5. The Morgan fingerprint density at radius 1 is 1.13 bits per heavy atom. The summed E-state index contributed by atoms with van der Waals surface area (Å²) in [4.78, 5) is 0. The van der Waals surface area contributed by atoms with Gasteiger partial charge in [-0.05, 0) is 11.5 Å². The lowest BCUT2D eigenvalue weighted by atomic mass is 10.1. The van der Waals surface area contributed by atoms with Gasteiger partial charge < -0.3 is 5.11 Å². The third-order valence-electron chi connectivity index (χ3n) is 2.12. The van der Waals surface area contributed by atoms with E-state index in [4.69, 9.17) is 11.6 Å². The lowest BCUT2D eigenvalue weighted by Gasteiger charge is -2.14. The number of aliphatic hydroxyl groups excluding tert-OH is 1. The summed E-state index contributed by atoms with van der Waals surface area (Å²) in [5.41, 5.74) is 0.853. The predicted octanol–water partition coefficient (Wildman–Crippen LogP) is 3.54. The molecule has 0 spiro atoms. The van der Waals surface area contributed by atoms with Crippen molar-refractivity contribution >= 4 is 11.6 Å². The molecular formula is C13H17ClO. The van der Waals surface area contributed by atoms with Crippen molar-refractivity contribution < 1.29 is 5.11 Å². The summed E-state index contributed by atoms with van der Waals surface area (Å²) >= 11 is 6.07. The quantitative estimate of drug-likeness (QED) is 0.613. The molecule has 0 fully saturated rings. The number of halogens is 1. The first-order valence-electron chi connectivity index (χ1n) is 5.16. The first-order valence-corrected chi connectivity index (χ1v) is 5.60. The molecule has 0 aromatic heterocycles. The zero-order chi connectivity index (χ0) is 11.3. The highest BCUT2D eigenvalue weighted by molar-refractivity contribution is 6.22. The van der Waals surface area contributed by atoms with Crippen LogP contribution in [0.3, 0.4) is 0 Å². The molecule has 0 bridgehead atoms. The van der Waals surface area contributed by atoms with Crippen LogP contribution in [-0.4, -0.2) is 10.5 Å². The highest BCUT2D eigenvalue weighted by Gasteiger charge is 2.14. The Kier molecular flexibility index (Phi) is 4.86. The Labute approximate surface area is 96.4 Å². The Morgan fingerprint density at radius 2 is 1.73 bits per heavy atom. The van der Waals surface area contributed by atoms with E-state index in [9.17, 15) is 5.11 Å². The van der Waals surface area contributed by atoms with Gasteiger partial charge in [0.25, 0.3) is 0 Å². The second-order valence-corrected chi connectivity index (χ2v) is 4.43. The van der Waals surface area contributed by atoms with Gasteiger partial charge in [-0.2, -0.15) is 0 Å². The minimum Gasteiger partial charge on any atom is -0.387 e. The van der Waals surface area contributed by atoms with Crippen molar-refractivity contribution in [3.63, 3.8) is 0 Å². The normalized spacial score (nSPS) is 15.8. The van der Waals surface area contributed by atoms with Crippen LogP contribution in [0, 0.1) is 5.92 Å². The summed E-state index contributed by atoms with van der Waals surface area (Å²) < 4.78 is 0. The van der Waals surface area contributed by atoms with E-state index >= 15 is 0 Å². The molecule has 1 N–H and O–H groups in total. The summed E-state index contributed by atoms with van der Waals surface area (Å²) in [5.74, 6) is 0.453. The van der Waals surface area contributed by atoms with Gasteiger partial charge in [-0.1, -0.05) is 56.3 Å². The monoisotopic (exact) mass is 224 g/mol. The predicted molar refractivity (Wildman–Crippen MR) is 65.0 cm³/mol. The second-order valence-electron chi connectivity index (χ2n) is 3.93. The molecule has 1 aromatic rings. The van der Waals surface area contributed by atoms with E-state index in [-0.39, 0.29) is 5.38 Å². The maximum atomic E-state index is 9.92. The molecule has 1 aromatic carbocycles. The molecule has 15 heavy (non-hydrogen) atoms. The van der Waals surface area contributed by atoms with E-state index in [1.165, 1.54) is 0 Å². The van der Waals surface area contributed by atoms with Crippen molar-refractivity contribution in [1.29, 1.82) is 0 Å². The van der Waals surface area contributed by atoms with Gasteiger partial charge in [0.2, 0.25) is 0 Å². The van der Waals surface area contributed by atoms with E-state index in [1.54, 1.807) is 0 Å². The number of benzene rings is 1. The van der Waals surface area contributed by atoms with Crippen LogP contribution in [-0.2, 0) is 0 Å². The number of allylic oxidation sites excluding steroid dienone is 1. The average Bonchev–Trinajstić information content (AvgIpc) is 2.26. The molecule has 0 radical (unpaired) electrons. The molecule has 0 aliphatic carbocycles. The third-order valence-corrected chi connectivity index (χ3v) is 2.51. The molecule has 0 saturated carbocycles. The third kappa shape index (κ3) is 4.06. The molecule has 0 amide bonds. The molecule has 1 rings (SSSR count). The van der Waals surface area contributed by atoms with E-state index in [0.717, 1.165) is 5.56 Å². The van der Waals surface area contributed by atoms with Crippen LogP contribution < -0.4 is 0 Å². The van der Waals surface area contributed by atoms with Gasteiger partial charge in [0, 0.05) is 0 Å². The van der Waals surface area contributed by atoms with E-state index in [0.29, 0.717) is 5.92 Å². The minimum absolute atomic E-state index is 0.366. The fourth-order valence-corrected chi connectivity index (χ4v) is 1.50. The largest absolute Gasteiger partial charge is 0.387 e. The summed E-state index contributed by atoms with van der Waals surface area (Å²) in [6.45, 7) is 4.16. The van der Waals surface area contributed by atoms with Crippen LogP contribution >= 0.6 is 11.6 Å². The highest BCUT2D eigenvalue weighted by Crippen LogP contribution is 2.22. The Bertz CT molecular complexity index is 306. The Balaban J connectivity index is 2.65. The first kappa shape index (κ1) is 12.3. The first-order chi connectivity index (χ1) is 7.11. The van der Waals surface area contributed by atoms with Gasteiger partial charge in [0.05, 0.1) is 11.5 Å². The van der Waals surface area contributed by atoms with Crippen molar-refractivity contribution in [2.24, 2.45) is 5.92 Å². The van der Waals surface area contributed by atoms with Gasteiger partial charge in [-0.15, -0.1) is 11.6 Å². The Morgan fingerprint density at radius 3 is 2.27 bits per heavy atom. The van der Waals surface area contributed by atoms with Crippen LogP contribution in [0.4, 0.5) is 0 Å². The van der Waals surface area contributed by atoms with Crippen LogP contribution in [0.2, 0.25) is 0 Å². The molecule has 0 heterocycles. The molecule has 82 valence electrons.